The lowest BCUT2D eigenvalue weighted by molar-refractivity contribution is -0.116. The van der Waals surface area contributed by atoms with Gasteiger partial charge in [-0.1, -0.05) is 48.9 Å². The number of imidazole rings is 1. The molecule has 0 aliphatic heterocycles. The molecule has 1 heterocycles. The molecule has 4 nitrogen and oxygen atoms in total. The van der Waals surface area contributed by atoms with Crippen LogP contribution in [0, 0.1) is 6.92 Å². The summed E-state index contributed by atoms with van der Waals surface area (Å²) in [5.41, 5.74) is 4.41. The molecule has 2 aromatic carbocycles. The van der Waals surface area contributed by atoms with Crippen LogP contribution in [-0.4, -0.2) is 22.0 Å². The predicted molar refractivity (Wildman–Crippen MR) is 107 cm³/mol. The number of carbonyl (C=O) groups is 1. The molecule has 0 aliphatic rings. The second-order valence-corrected chi connectivity index (χ2v) is 6.45. The van der Waals surface area contributed by atoms with Crippen molar-refractivity contribution >= 4 is 23.0 Å². The van der Waals surface area contributed by atoms with Crippen LogP contribution in [0.4, 0.5) is 0 Å². The van der Waals surface area contributed by atoms with Crippen molar-refractivity contribution in [3.05, 3.63) is 71.6 Å². The average molecular weight is 347 g/mol. The Labute approximate surface area is 154 Å². The van der Waals surface area contributed by atoms with Crippen molar-refractivity contribution < 1.29 is 4.79 Å². The van der Waals surface area contributed by atoms with E-state index in [0.717, 1.165) is 41.8 Å². The summed E-state index contributed by atoms with van der Waals surface area (Å²) < 4.78 is 2.25. The van der Waals surface area contributed by atoms with Crippen LogP contribution in [-0.2, 0) is 17.8 Å². The standard InChI is InChI=1S/C22H25N3O/c1-3-16-25-20-7-5-4-6-19(20)24-21(25)14-15-23-22(26)13-12-18-10-8-17(2)9-11-18/h4-13H,3,14-16H2,1-2H3,(H,23,26)/b13-12+. The smallest absolute Gasteiger partial charge is 0.244 e. The molecule has 1 N–H and O–H groups in total. The van der Waals surface area contributed by atoms with Gasteiger partial charge in [0, 0.05) is 25.6 Å². The average Bonchev–Trinajstić information content (AvgIpc) is 2.99. The Hall–Kier alpha value is -2.88. The lowest BCUT2D eigenvalue weighted by Crippen LogP contribution is -2.24. The highest BCUT2D eigenvalue weighted by atomic mass is 16.1. The molecule has 1 amide bonds. The molecular formula is C22H25N3O. The molecule has 0 unspecified atom stereocenters. The van der Waals surface area contributed by atoms with E-state index in [-0.39, 0.29) is 5.91 Å². The van der Waals surface area contributed by atoms with Gasteiger partial charge < -0.3 is 9.88 Å². The van der Waals surface area contributed by atoms with Crippen molar-refractivity contribution in [2.75, 3.05) is 6.54 Å². The van der Waals surface area contributed by atoms with E-state index < -0.39 is 0 Å². The van der Waals surface area contributed by atoms with E-state index in [1.807, 2.05) is 55.5 Å². The SMILES string of the molecule is CCCn1c(CCNC(=O)/C=C/c2ccc(C)cc2)nc2ccccc21. The Morgan fingerprint density at radius 1 is 1.15 bits per heavy atom. The third kappa shape index (κ3) is 4.39. The molecule has 134 valence electrons. The van der Waals surface area contributed by atoms with E-state index in [1.165, 1.54) is 5.56 Å². The summed E-state index contributed by atoms with van der Waals surface area (Å²) in [6, 6.07) is 16.3. The zero-order valence-corrected chi connectivity index (χ0v) is 15.4. The summed E-state index contributed by atoms with van der Waals surface area (Å²) in [5, 5.41) is 2.95. The quantitative estimate of drug-likeness (QED) is 0.653. The fourth-order valence-corrected chi connectivity index (χ4v) is 3.00. The number of aromatic nitrogens is 2. The fraction of sp³-hybridized carbons (Fsp3) is 0.273. The maximum atomic E-state index is 12.0. The summed E-state index contributed by atoms with van der Waals surface area (Å²) in [4.78, 5) is 16.8. The second-order valence-electron chi connectivity index (χ2n) is 6.45. The Balaban J connectivity index is 1.59. The van der Waals surface area contributed by atoms with E-state index in [4.69, 9.17) is 4.98 Å². The number of rotatable bonds is 7. The molecule has 26 heavy (non-hydrogen) atoms. The van der Waals surface area contributed by atoms with Crippen LogP contribution in [0.5, 0.6) is 0 Å². The lowest BCUT2D eigenvalue weighted by Gasteiger charge is -2.08. The number of nitrogens with zero attached hydrogens (tertiary/aromatic N) is 2. The Morgan fingerprint density at radius 3 is 2.69 bits per heavy atom. The van der Waals surface area contributed by atoms with Gasteiger partial charge in [0.05, 0.1) is 11.0 Å². The van der Waals surface area contributed by atoms with E-state index in [9.17, 15) is 4.79 Å². The number of para-hydroxylation sites is 2. The van der Waals surface area contributed by atoms with Crippen molar-refractivity contribution in [3.8, 4) is 0 Å². The first-order chi connectivity index (χ1) is 12.7. The molecule has 1 aromatic heterocycles. The Bertz CT molecular complexity index is 907. The minimum Gasteiger partial charge on any atom is -0.352 e. The number of aryl methyl sites for hydroxylation is 2. The molecular weight excluding hydrogens is 322 g/mol. The zero-order chi connectivity index (χ0) is 18.4. The van der Waals surface area contributed by atoms with Crippen molar-refractivity contribution in [3.63, 3.8) is 0 Å². The maximum Gasteiger partial charge on any atom is 0.244 e. The molecule has 0 saturated carbocycles. The van der Waals surface area contributed by atoms with Crippen LogP contribution in [0.2, 0.25) is 0 Å². The first-order valence-corrected chi connectivity index (χ1v) is 9.14. The molecule has 0 saturated heterocycles. The third-order valence-corrected chi connectivity index (χ3v) is 4.33. The number of nitrogens with one attached hydrogen (secondary N) is 1. The van der Waals surface area contributed by atoms with E-state index in [2.05, 4.69) is 22.9 Å². The van der Waals surface area contributed by atoms with Crippen molar-refractivity contribution in [1.82, 2.24) is 14.9 Å². The van der Waals surface area contributed by atoms with E-state index in [0.29, 0.717) is 6.54 Å². The summed E-state index contributed by atoms with van der Waals surface area (Å²) >= 11 is 0. The first kappa shape index (κ1) is 17.9. The molecule has 0 atom stereocenters. The summed E-state index contributed by atoms with van der Waals surface area (Å²) in [5.74, 6) is 0.944. The van der Waals surface area contributed by atoms with Crippen LogP contribution in [0.25, 0.3) is 17.1 Å². The number of hydrogen-bond donors (Lipinski definition) is 1. The van der Waals surface area contributed by atoms with Gasteiger partial charge in [0.15, 0.2) is 0 Å². The Kier molecular flexibility index (Phi) is 5.84. The van der Waals surface area contributed by atoms with E-state index >= 15 is 0 Å². The van der Waals surface area contributed by atoms with Gasteiger partial charge in [0.2, 0.25) is 5.91 Å². The molecule has 0 spiro atoms. The summed E-state index contributed by atoms with van der Waals surface area (Å²) in [7, 11) is 0. The first-order valence-electron chi connectivity index (χ1n) is 9.14. The monoisotopic (exact) mass is 347 g/mol. The molecule has 3 rings (SSSR count). The van der Waals surface area contributed by atoms with Crippen molar-refractivity contribution in [2.45, 2.75) is 33.2 Å². The van der Waals surface area contributed by atoms with E-state index in [1.54, 1.807) is 6.08 Å². The zero-order valence-electron chi connectivity index (χ0n) is 15.4. The van der Waals surface area contributed by atoms with Crippen LogP contribution in [0.1, 0.15) is 30.3 Å². The van der Waals surface area contributed by atoms with Gasteiger partial charge in [0.1, 0.15) is 5.82 Å². The molecule has 0 radical (unpaired) electrons. The highest BCUT2D eigenvalue weighted by molar-refractivity contribution is 5.91. The van der Waals surface area contributed by atoms with Crippen LogP contribution in [0.3, 0.4) is 0 Å². The van der Waals surface area contributed by atoms with Gasteiger partial charge in [-0.25, -0.2) is 4.98 Å². The van der Waals surface area contributed by atoms with Crippen LogP contribution in [0.15, 0.2) is 54.6 Å². The third-order valence-electron chi connectivity index (χ3n) is 4.33. The van der Waals surface area contributed by atoms with Gasteiger partial charge in [0.25, 0.3) is 0 Å². The minimum absolute atomic E-state index is 0.0799. The Morgan fingerprint density at radius 2 is 1.92 bits per heavy atom. The second kappa shape index (κ2) is 8.48. The molecule has 0 bridgehead atoms. The minimum atomic E-state index is -0.0799. The van der Waals surface area contributed by atoms with Gasteiger partial charge in [-0.15, -0.1) is 0 Å². The van der Waals surface area contributed by atoms with Crippen molar-refractivity contribution in [2.24, 2.45) is 0 Å². The topological polar surface area (TPSA) is 46.9 Å². The maximum absolute atomic E-state index is 12.0. The van der Waals surface area contributed by atoms with Gasteiger partial charge in [-0.3, -0.25) is 4.79 Å². The normalized spacial score (nSPS) is 11.3. The molecule has 0 fully saturated rings. The summed E-state index contributed by atoms with van der Waals surface area (Å²) in [6.07, 6.45) is 5.19. The largest absolute Gasteiger partial charge is 0.352 e. The molecule has 0 aliphatic carbocycles. The lowest BCUT2D eigenvalue weighted by atomic mass is 10.1. The predicted octanol–water partition coefficient (Wildman–Crippen LogP) is 4.13. The number of fused-ring (bicyclic) bond motifs is 1. The van der Waals surface area contributed by atoms with Crippen LogP contribution >= 0.6 is 0 Å². The highest BCUT2D eigenvalue weighted by Gasteiger charge is 2.09. The number of amides is 1. The van der Waals surface area contributed by atoms with Crippen molar-refractivity contribution in [1.29, 1.82) is 0 Å². The van der Waals surface area contributed by atoms with Gasteiger partial charge in [-0.2, -0.15) is 0 Å². The molecule has 3 aromatic rings. The molecule has 4 heteroatoms. The number of carbonyl (C=O) groups excluding carboxylic acids is 1. The fourth-order valence-electron chi connectivity index (χ4n) is 3.00. The number of hydrogen-bond acceptors (Lipinski definition) is 2. The summed E-state index contributed by atoms with van der Waals surface area (Å²) in [6.45, 7) is 5.73. The highest BCUT2D eigenvalue weighted by Crippen LogP contribution is 2.16. The van der Waals surface area contributed by atoms with Crippen LogP contribution < -0.4 is 5.32 Å². The van der Waals surface area contributed by atoms with Gasteiger partial charge >= 0.3 is 0 Å². The number of benzene rings is 2. The van der Waals surface area contributed by atoms with Gasteiger partial charge in [-0.05, 0) is 37.1 Å².